The standard InChI is InChI=1S/C23H46/c1-10-21-14-13-17(5)23(9,12-3)15-16(4)18(6)19(7)20(8)22(21)11-2/h16-22H,10-15H2,1-9H3. The van der Waals surface area contributed by atoms with Gasteiger partial charge in [-0.25, -0.2) is 0 Å². The Morgan fingerprint density at radius 3 is 1.87 bits per heavy atom. The number of rotatable bonds is 3. The van der Waals surface area contributed by atoms with E-state index in [-0.39, 0.29) is 0 Å². The number of hydrogen-bond acceptors (Lipinski definition) is 0. The summed E-state index contributed by atoms with van der Waals surface area (Å²) in [5, 5.41) is 0. The number of hydrogen-bond donors (Lipinski definition) is 0. The summed E-state index contributed by atoms with van der Waals surface area (Å²) in [4.78, 5) is 0. The molecular weight excluding hydrogens is 276 g/mol. The van der Waals surface area contributed by atoms with E-state index in [1.807, 2.05) is 0 Å². The van der Waals surface area contributed by atoms with Crippen molar-refractivity contribution in [2.75, 3.05) is 0 Å². The molecule has 1 aliphatic rings. The van der Waals surface area contributed by atoms with Gasteiger partial charge in [-0.15, -0.1) is 0 Å². The van der Waals surface area contributed by atoms with Crippen LogP contribution in [0.5, 0.6) is 0 Å². The van der Waals surface area contributed by atoms with Crippen LogP contribution in [0, 0.1) is 46.8 Å². The van der Waals surface area contributed by atoms with Crippen LogP contribution in [-0.4, -0.2) is 0 Å². The lowest BCUT2D eigenvalue weighted by molar-refractivity contribution is 0.0934. The van der Waals surface area contributed by atoms with Crippen molar-refractivity contribution >= 4 is 0 Å². The molecule has 0 aromatic rings. The van der Waals surface area contributed by atoms with Crippen LogP contribution in [-0.2, 0) is 0 Å². The van der Waals surface area contributed by atoms with Crippen LogP contribution in [0.3, 0.4) is 0 Å². The molecule has 0 radical (unpaired) electrons. The first-order valence-electron chi connectivity index (χ1n) is 10.7. The van der Waals surface area contributed by atoms with E-state index in [1.165, 1.54) is 38.5 Å². The summed E-state index contributed by atoms with van der Waals surface area (Å²) in [5.41, 5.74) is 0.529. The quantitative estimate of drug-likeness (QED) is 0.497. The SMILES string of the molecule is CCC1CCC(C)C(C)(CC)CC(C)C(C)C(C)C(C)C1CC. The van der Waals surface area contributed by atoms with Gasteiger partial charge in [0.1, 0.15) is 0 Å². The van der Waals surface area contributed by atoms with E-state index >= 15 is 0 Å². The zero-order valence-electron chi connectivity index (χ0n) is 17.8. The topological polar surface area (TPSA) is 0 Å². The second-order valence-electron chi connectivity index (χ2n) is 9.49. The van der Waals surface area contributed by atoms with Gasteiger partial charge in [-0.3, -0.25) is 0 Å². The summed E-state index contributed by atoms with van der Waals surface area (Å²) in [6.07, 6.45) is 8.37. The summed E-state index contributed by atoms with van der Waals surface area (Å²) in [5.74, 6) is 6.10. The average molecular weight is 323 g/mol. The third kappa shape index (κ3) is 4.76. The first-order chi connectivity index (χ1) is 10.7. The molecule has 0 aliphatic heterocycles. The Hall–Kier alpha value is 0. The van der Waals surface area contributed by atoms with E-state index in [9.17, 15) is 0 Å². The molecule has 0 heteroatoms. The zero-order chi connectivity index (χ0) is 17.8. The predicted octanol–water partition coefficient (Wildman–Crippen LogP) is 7.82. The van der Waals surface area contributed by atoms with Crippen LogP contribution in [0.25, 0.3) is 0 Å². The zero-order valence-corrected chi connectivity index (χ0v) is 17.8. The van der Waals surface area contributed by atoms with Gasteiger partial charge in [0.2, 0.25) is 0 Å². The van der Waals surface area contributed by atoms with Gasteiger partial charge >= 0.3 is 0 Å². The summed E-state index contributed by atoms with van der Waals surface area (Å²) < 4.78 is 0. The molecule has 1 saturated carbocycles. The summed E-state index contributed by atoms with van der Waals surface area (Å²) in [6.45, 7) is 22.6. The van der Waals surface area contributed by atoms with Gasteiger partial charge in [-0.1, -0.05) is 81.6 Å². The highest BCUT2D eigenvalue weighted by Crippen LogP contribution is 2.47. The maximum atomic E-state index is 2.57. The molecular formula is C23H46. The molecule has 0 bridgehead atoms. The molecule has 8 unspecified atom stereocenters. The van der Waals surface area contributed by atoms with Gasteiger partial charge in [0, 0.05) is 0 Å². The Morgan fingerprint density at radius 1 is 0.783 bits per heavy atom. The van der Waals surface area contributed by atoms with E-state index < -0.39 is 0 Å². The normalized spacial score (nSPS) is 47.1. The van der Waals surface area contributed by atoms with Gasteiger partial charge in [-0.2, -0.15) is 0 Å². The second kappa shape index (κ2) is 8.91. The average Bonchev–Trinajstić information content (AvgIpc) is 2.55. The molecule has 138 valence electrons. The largest absolute Gasteiger partial charge is 0.0651 e. The fraction of sp³-hybridized carbons (Fsp3) is 1.00. The van der Waals surface area contributed by atoms with E-state index in [2.05, 4.69) is 62.3 Å². The molecule has 0 aromatic carbocycles. The minimum absolute atomic E-state index is 0.529. The Balaban J connectivity index is 3.15. The van der Waals surface area contributed by atoms with Crippen LogP contribution in [0.1, 0.15) is 101 Å². The molecule has 1 aliphatic carbocycles. The highest BCUT2D eigenvalue weighted by Gasteiger charge is 2.38. The van der Waals surface area contributed by atoms with E-state index in [0.29, 0.717) is 5.41 Å². The summed E-state index contributed by atoms with van der Waals surface area (Å²) in [6, 6.07) is 0. The maximum Gasteiger partial charge on any atom is -0.0300 e. The van der Waals surface area contributed by atoms with Gasteiger partial charge in [0.05, 0.1) is 0 Å². The molecule has 23 heavy (non-hydrogen) atoms. The van der Waals surface area contributed by atoms with Gasteiger partial charge < -0.3 is 0 Å². The molecule has 0 heterocycles. The van der Waals surface area contributed by atoms with Crippen molar-refractivity contribution in [3.8, 4) is 0 Å². The monoisotopic (exact) mass is 322 g/mol. The van der Waals surface area contributed by atoms with Crippen LogP contribution in [0.4, 0.5) is 0 Å². The van der Waals surface area contributed by atoms with Crippen molar-refractivity contribution in [1.29, 1.82) is 0 Å². The summed E-state index contributed by atoms with van der Waals surface area (Å²) >= 11 is 0. The Bertz CT molecular complexity index is 333. The Labute approximate surface area is 148 Å². The third-order valence-electron chi connectivity index (χ3n) is 8.59. The van der Waals surface area contributed by atoms with Crippen molar-refractivity contribution in [3.63, 3.8) is 0 Å². The fourth-order valence-electron chi connectivity index (χ4n) is 5.67. The van der Waals surface area contributed by atoms with Crippen LogP contribution < -0.4 is 0 Å². The lowest BCUT2D eigenvalue weighted by atomic mass is 9.65. The minimum atomic E-state index is 0.529. The molecule has 1 fully saturated rings. The molecule has 0 aromatic heterocycles. The predicted molar refractivity (Wildman–Crippen MR) is 106 cm³/mol. The lowest BCUT2D eigenvalue weighted by Crippen LogP contribution is -2.32. The molecule has 0 N–H and O–H groups in total. The van der Waals surface area contributed by atoms with Crippen LogP contribution >= 0.6 is 0 Å². The molecule has 0 spiro atoms. The van der Waals surface area contributed by atoms with E-state index in [1.54, 1.807) is 0 Å². The van der Waals surface area contributed by atoms with E-state index in [0.717, 1.165) is 41.4 Å². The highest BCUT2D eigenvalue weighted by molar-refractivity contribution is 4.88. The molecule has 1 rings (SSSR count). The first-order valence-corrected chi connectivity index (χ1v) is 10.7. The molecule has 0 saturated heterocycles. The van der Waals surface area contributed by atoms with Gasteiger partial charge in [-0.05, 0) is 66.1 Å². The molecule has 0 nitrogen and oxygen atoms in total. The highest BCUT2D eigenvalue weighted by atomic mass is 14.4. The summed E-state index contributed by atoms with van der Waals surface area (Å²) in [7, 11) is 0. The van der Waals surface area contributed by atoms with Crippen molar-refractivity contribution < 1.29 is 0 Å². The third-order valence-corrected chi connectivity index (χ3v) is 8.59. The van der Waals surface area contributed by atoms with Crippen molar-refractivity contribution in [2.45, 2.75) is 101 Å². The maximum absolute atomic E-state index is 2.57. The van der Waals surface area contributed by atoms with Crippen molar-refractivity contribution in [2.24, 2.45) is 46.8 Å². The van der Waals surface area contributed by atoms with Crippen molar-refractivity contribution in [1.82, 2.24) is 0 Å². The Kier molecular flexibility index (Phi) is 8.15. The molecule has 8 atom stereocenters. The lowest BCUT2D eigenvalue weighted by Gasteiger charge is -2.40. The van der Waals surface area contributed by atoms with Crippen LogP contribution in [0.2, 0.25) is 0 Å². The van der Waals surface area contributed by atoms with E-state index in [4.69, 9.17) is 0 Å². The second-order valence-corrected chi connectivity index (χ2v) is 9.49. The first kappa shape index (κ1) is 21.0. The minimum Gasteiger partial charge on any atom is -0.0651 e. The smallest absolute Gasteiger partial charge is 0.0300 e. The van der Waals surface area contributed by atoms with Gasteiger partial charge in [0.15, 0.2) is 0 Å². The fourth-order valence-corrected chi connectivity index (χ4v) is 5.67. The van der Waals surface area contributed by atoms with Crippen molar-refractivity contribution in [3.05, 3.63) is 0 Å². The van der Waals surface area contributed by atoms with Gasteiger partial charge in [0.25, 0.3) is 0 Å². The van der Waals surface area contributed by atoms with Crippen LogP contribution in [0.15, 0.2) is 0 Å². The Morgan fingerprint density at radius 2 is 1.39 bits per heavy atom. The molecule has 0 amide bonds.